The maximum atomic E-state index is 13.2. The summed E-state index contributed by atoms with van der Waals surface area (Å²) in [4.78, 5) is 11.0. The van der Waals surface area contributed by atoms with Gasteiger partial charge in [0.05, 0.1) is 13.5 Å². The van der Waals surface area contributed by atoms with E-state index in [-0.39, 0.29) is 12.0 Å². The molecule has 0 aliphatic heterocycles. The molecule has 1 aromatic carbocycles. The van der Waals surface area contributed by atoms with E-state index in [1.807, 2.05) is 0 Å². The van der Waals surface area contributed by atoms with Crippen molar-refractivity contribution in [1.29, 1.82) is 0 Å². The highest BCUT2D eigenvalue weighted by atomic mass is 19.1. The molecule has 0 bridgehead atoms. The first kappa shape index (κ1) is 12.4. The summed E-state index contributed by atoms with van der Waals surface area (Å²) in [5.74, 6) is -1.76. The predicted octanol–water partition coefficient (Wildman–Crippen LogP) is 1.40. The summed E-state index contributed by atoms with van der Waals surface area (Å²) in [5, 5.41) is 9.47. The number of methoxy groups -OCH3 is 1. The number of phenols is 1. The molecule has 1 aromatic rings. The van der Waals surface area contributed by atoms with Crippen LogP contribution in [0.15, 0.2) is 12.1 Å². The molecule has 4 nitrogen and oxygen atoms in total. The highest BCUT2D eigenvalue weighted by Gasteiger charge is 2.18. The Morgan fingerprint density at radius 2 is 2.25 bits per heavy atom. The van der Waals surface area contributed by atoms with Gasteiger partial charge in [-0.05, 0) is 18.6 Å². The van der Waals surface area contributed by atoms with Gasteiger partial charge in [-0.15, -0.1) is 0 Å². The van der Waals surface area contributed by atoms with Gasteiger partial charge in [0.1, 0.15) is 0 Å². The van der Waals surface area contributed by atoms with Crippen molar-refractivity contribution in [2.75, 3.05) is 7.11 Å². The number of benzene rings is 1. The molecule has 0 aromatic heterocycles. The van der Waals surface area contributed by atoms with Crippen LogP contribution in [-0.2, 0) is 9.53 Å². The first-order chi connectivity index (χ1) is 7.45. The van der Waals surface area contributed by atoms with Crippen molar-refractivity contribution in [3.63, 3.8) is 0 Å². The fourth-order valence-corrected chi connectivity index (χ4v) is 1.42. The minimum absolute atomic E-state index is 0.104. The van der Waals surface area contributed by atoms with Crippen LogP contribution in [0.5, 0.6) is 5.75 Å². The van der Waals surface area contributed by atoms with Crippen molar-refractivity contribution in [2.24, 2.45) is 5.73 Å². The van der Waals surface area contributed by atoms with Crippen LogP contribution < -0.4 is 5.73 Å². The van der Waals surface area contributed by atoms with Crippen molar-refractivity contribution >= 4 is 5.97 Å². The molecule has 1 rings (SSSR count). The number of carbonyl (C=O) groups is 1. The van der Waals surface area contributed by atoms with Crippen molar-refractivity contribution < 1.29 is 19.0 Å². The second-order valence-electron chi connectivity index (χ2n) is 3.57. The van der Waals surface area contributed by atoms with E-state index >= 15 is 0 Å². The molecule has 0 saturated carbocycles. The summed E-state index contributed by atoms with van der Waals surface area (Å²) >= 11 is 0. The molecule has 0 amide bonds. The summed E-state index contributed by atoms with van der Waals surface area (Å²) in [6.45, 7) is 1.68. The summed E-state index contributed by atoms with van der Waals surface area (Å²) in [5.41, 5.74) is 6.52. The highest BCUT2D eigenvalue weighted by molar-refractivity contribution is 5.70. The van der Waals surface area contributed by atoms with Gasteiger partial charge in [-0.3, -0.25) is 4.79 Å². The summed E-state index contributed by atoms with van der Waals surface area (Å²) < 4.78 is 17.6. The minimum atomic E-state index is -0.776. The van der Waals surface area contributed by atoms with Crippen LogP contribution in [0.3, 0.4) is 0 Å². The van der Waals surface area contributed by atoms with Crippen molar-refractivity contribution in [3.05, 3.63) is 29.1 Å². The van der Waals surface area contributed by atoms with Gasteiger partial charge >= 0.3 is 5.97 Å². The average Bonchev–Trinajstić information content (AvgIpc) is 2.22. The maximum Gasteiger partial charge on any atom is 0.307 e. The molecule has 0 saturated heterocycles. The third kappa shape index (κ3) is 2.70. The first-order valence-corrected chi connectivity index (χ1v) is 4.77. The average molecular weight is 227 g/mol. The maximum absolute atomic E-state index is 13.2. The third-order valence-corrected chi connectivity index (χ3v) is 2.25. The molecule has 0 aliphatic rings. The Labute approximate surface area is 92.8 Å². The SMILES string of the molecule is COC(=O)C[C@@H](N)c1cc(C)cc(F)c1O. The topological polar surface area (TPSA) is 72.5 Å². The number of esters is 1. The van der Waals surface area contributed by atoms with E-state index in [1.165, 1.54) is 13.2 Å². The standard InChI is InChI=1S/C11H14FNO3/c1-6-3-7(11(15)8(12)4-6)9(13)5-10(14)16-2/h3-4,9,15H,5,13H2,1-2H3/t9-/m1/s1. The van der Waals surface area contributed by atoms with Gasteiger partial charge in [-0.2, -0.15) is 0 Å². The number of rotatable bonds is 3. The Hall–Kier alpha value is -1.62. The lowest BCUT2D eigenvalue weighted by Gasteiger charge is -2.13. The van der Waals surface area contributed by atoms with E-state index in [0.717, 1.165) is 0 Å². The monoisotopic (exact) mass is 227 g/mol. The summed E-state index contributed by atoms with van der Waals surface area (Å²) in [6, 6.07) is 1.97. The van der Waals surface area contributed by atoms with Crippen molar-refractivity contribution in [3.8, 4) is 5.75 Å². The minimum Gasteiger partial charge on any atom is -0.505 e. The van der Waals surface area contributed by atoms with E-state index < -0.39 is 23.6 Å². The number of ether oxygens (including phenoxy) is 1. The number of halogens is 1. The van der Waals surface area contributed by atoms with Gasteiger partial charge in [-0.25, -0.2) is 4.39 Å². The second kappa shape index (κ2) is 4.94. The van der Waals surface area contributed by atoms with Crippen LogP contribution in [0, 0.1) is 12.7 Å². The molecule has 0 spiro atoms. The van der Waals surface area contributed by atoms with Crippen molar-refractivity contribution in [2.45, 2.75) is 19.4 Å². The molecule has 5 heteroatoms. The van der Waals surface area contributed by atoms with E-state index in [4.69, 9.17) is 5.73 Å². The van der Waals surface area contributed by atoms with Crippen molar-refractivity contribution in [1.82, 2.24) is 0 Å². The van der Waals surface area contributed by atoms with Crippen LogP contribution in [-0.4, -0.2) is 18.2 Å². The van der Waals surface area contributed by atoms with Gasteiger partial charge in [0.25, 0.3) is 0 Å². The smallest absolute Gasteiger partial charge is 0.307 e. The lowest BCUT2D eigenvalue weighted by atomic mass is 10.0. The number of nitrogens with two attached hydrogens (primary N) is 1. The zero-order chi connectivity index (χ0) is 12.3. The molecular formula is C11H14FNO3. The fraction of sp³-hybridized carbons (Fsp3) is 0.364. The van der Waals surface area contributed by atoms with E-state index in [0.29, 0.717) is 5.56 Å². The molecule has 1 atom stereocenters. The predicted molar refractivity (Wildman–Crippen MR) is 56.4 cm³/mol. The largest absolute Gasteiger partial charge is 0.505 e. The summed E-state index contributed by atoms with van der Waals surface area (Å²) in [7, 11) is 1.24. The van der Waals surface area contributed by atoms with Gasteiger partial charge in [0, 0.05) is 11.6 Å². The Morgan fingerprint density at radius 3 is 2.81 bits per heavy atom. The van der Waals surface area contributed by atoms with Gasteiger partial charge in [0.15, 0.2) is 11.6 Å². The number of hydrogen-bond donors (Lipinski definition) is 2. The zero-order valence-corrected chi connectivity index (χ0v) is 9.16. The number of phenolic OH excluding ortho intramolecular Hbond substituents is 1. The molecule has 0 heterocycles. The normalized spacial score (nSPS) is 12.2. The van der Waals surface area contributed by atoms with Crippen LogP contribution in [0.4, 0.5) is 4.39 Å². The van der Waals surface area contributed by atoms with Crippen LogP contribution in [0.1, 0.15) is 23.6 Å². The van der Waals surface area contributed by atoms with Gasteiger partial charge in [-0.1, -0.05) is 6.07 Å². The Kier molecular flexibility index (Phi) is 3.84. The fourth-order valence-electron chi connectivity index (χ4n) is 1.42. The molecule has 0 unspecified atom stereocenters. The number of carbonyl (C=O) groups excluding carboxylic acids is 1. The lowest BCUT2D eigenvalue weighted by Crippen LogP contribution is -2.17. The lowest BCUT2D eigenvalue weighted by molar-refractivity contribution is -0.141. The zero-order valence-electron chi connectivity index (χ0n) is 9.16. The third-order valence-electron chi connectivity index (χ3n) is 2.25. The van der Waals surface area contributed by atoms with Crippen LogP contribution >= 0.6 is 0 Å². The molecule has 0 aliphatic carbocycles. The Balaban J connectivity index is 2.99. The molecule has 16 heavy (non-hydrogen) atoms. The van der Waals surface area contributed by atoms with Crippen LogP contribution in [0.2, 0.25) is 0 Å². The molecular weight excluding hydrogens is 213 g/mol. The number of aromatic hydroxyl groups is 1. The summed E-state index contributed by atoms with van der Waals surface area (Å²) in [6.07, 6.45) is -0.104. The van der Waals surface area contributed by atoms with Gasteiger partial charge < -0.3 is 15.6 Å². The second-order valence-corrected chi connectivity index (χ2v) is 3.57. The highest BCUT2D eigenvalue weighted by Crippen LogP contribution is 2.28. The van der Waals surface area contributed by atoms with E-state index in [9.17, 15) is 14.3 Å². The number of aryl methyl sites for hydroxylation is 1. The quantitative estimate of drug-likeness (QED) is 0.765. The van der Waals surface area contributed by atoms with Gasteiger partial charge in [0.2, 0.25) is 0 Å². The first-order valence-electron chi connectivity index (χ1n) is 4.77. The molecule has 3 N–H and O–H groups in total. The van der Waals surface area contributed by atoms with E-state index in [1.54, 1.807) is 13.0 Å². The molecule has 0 radical (unpaired) electrons. The molecule has 88 valence electrons. The van der Waals surface area contributed by atoms with Crippen LogP contribution in [0.25, 0.3) is 0 Å². The Morgan fingerprint density at radius 1 is 1.62 bits per heavy atom. The Bertz CT molecular complexity index is 406. The molecule has 0 fully saturated rings. The van der Waals surface area contributed by atoms with E-state index in [2.05, 4.69) is 4.74 Å². The number of hydrogen-bond acceptors (Lipinski definition) is 4.